The summed E-state index contributed by atoms with van der Waals surface area (Å²) in [7, 11) is 0. The number of rotatable bonds is 8. The minimum atomic E-state index is 0.516. The average molecular weight is 211 g/mol. The van der Waals surface area contributed by atoms with Crippen molar-refractivity contribution in [2.24, 2.45) is 11.3 Å². The molecule has 0 aliphatic heterocycles. The van der Waals surface area contributed by atoms with Crippen LogP contribution in [-0.4, -0.2) is 0 Å². The van der Waals surface area contributed by atoms with Crippen LogP contribution in [0.4, 0.5) is 0 Å². The Labute approximate surface area is 97.8 Å². The summed E-state index contributed by atoms with van der Waals surface area (Å²) in [6, 6.07) is 0. The highest BCUT2D eigenvalue weighted by molar-refractivity contribution is 4.64. The van der Waals surface area contributed by atoms with Gasteiger partial charge in [0, 0.05) is 0 Å². The highest BCUT2D eigenvalue weighted by Gasteiger charge is 2.12. The van der Waals surface area contributed by atoms with Crippen LogP contribution in [0.5, 0.6) is 0 Å². The van der Waals surface area contributed by atoms with E-state index in [1.54, 1.807) is 0 Å². The Morgan fingerprint density at radius 3 is 2.07 bits per heavy atom. The van der Waals surface area contributed by atoms with Crippen LogP contribution in [0.1, 0.15) is 79.1 Å². The minimum absolute atomic E-state index is 0.516. The smallest absolute Gasteiger partial charge is 0.0383 e. The zero-order valence-corrected chi connectivity index (χ0v) is 11.4. The summed E-state index contributed by atoms with van der Waals surface area (Å²) in [5, 5.41) is 0. The van der Waals surface area contributed by atoms with Gasteiger partial charge in [-0.05, 0) is 17.8 Å². The highest BCUT2D eigenvalue weighted by Crippen LogP contribution is 2.25. The third-order valence-electron chi connectivity index (χ3n) is 3.08. The first-order chi connectivity index (χ1) is 6.95. The van der Waals surface area contributed by atoms with Crippen molar-refractivity contribution < 1.29 is 0 Å². The molecule has 0 fully saturated rings. The lowest BCUT2D eigenvalue weighted by atomic mass is 9.86. The predicted octanol–water partition coefficient (Wildman–Crippen LogP) is 5.62. The maximum atomic E-state index is 3.87. The first kappa shape index (κ1) is 15.0. The van der Waals surface area contributed by atoms with E-state index in [1.165, 1.54) is 44.9 Å². The minimum Gasteiger partial charge on any atom is -0.0625 e. The van der Waals surface area contributed by atoms with E-state index < -0.39 is 0 Å². The Bertz CT molecular complexity index is 129. The van der Waals surface area contributed by atoms with E-state index in [9.17, 15) is 0 Å². The molecule has 0 aliphatic rings. The Hall–Kier alpha value is 0. The molecule has 0 heterocycles. The summed E-state index contributed by atoms with van der Waals surface area (Å²) in [4.78, 5) is 0. The third-order valence-corrected chi connectivity index (χ3v) is 3.08. The van der Waals surface area contributed by atoms with Crippen molar-refractivity contribution in [3.8, 4) is 0 Å². The fraction of sp³-hybridized carbons (Fsp3) is 0.933. The van der Waals surface area contributed by atoms with E-state index in [1.807, 2.05) is 0 Å². The van der Waals surface area contributed by atoms with Gasteiger partial charge in [0.25, 0.3) is 0 Å². The molecular formula is C15H31. The largest absolute Gasteiger partial charge is 0.0625 e. The average Bonchev–Trinajstić information content (AvgIpc) is 2.13. The van der Waals surface area contributed by atoms with Crippen LogP contribution >= 0.6 is 0 Å². The van der Waals surface area contributed by atoms with Crippen molar-refractivity contribution in [2.75, 3.05) is 0 Å². The lowest BCUT2D eigenvalue weighted by Crippen LogP contribution is -2.07. The van der Waals surface area contributed by atoms with Gasteiger partial charge in [0.1, 0.15) is 0 Å². The summed E-state index contributed by atoms with van der Waals surface area (Å²) in [6.45, 7) is 13.3. The van der Waals surface area contributed by atoms with Gasteiger partial charge in [0.05, 0.1) is 0 Å². The Kier molecular flexibility index (Phi) is 8.19. The van der Waals surface area contributed by atoms with Crippen LogP contribution in [0.15, 0.2) is 0 Å². The molecule has 0 saturated heterocycles. The molecule has 0 amide bonds. The Balaban J connectivity index is 3.30. The lowest BCUT2D eigenvalue weighted by Gasteiger charge is -2.20. The quantitative estimate of drug-likeness (QED) is 0.457. The summed E-state index contributed by atoms with van der Waals surface area (Å²) >= 11 is 0. The van der Waals surface area contributed by atoms with Gasteiger partial charge in [-0.2, -0.15) is 0 Å². The van der Waals surface area contributed by atoms with Crippen LogP contribution < -0.4 is 0 Å². The Morgan fingerprint density at radius 1 is 0.933 bits per heavy atom. The zero-order chi connectivity index (χ0) is 11.7. The molecule has 0 nitrogen and oxygen atoms in total. The number of unbranched alkanes of at least 4 members (excludes halogenated alkanes) is 4. The van der Waals surface area contributed by atoms with Crippen LogP contribution in [0.3, 0.4) is 0 Å². The normalized spacial score (nSPS) is 14.2. The van der Waals surface area contributed by atoms with Crippen molar-refractivity contribution >= 4 is 0 Å². The first-order valence-electron chi connectivity index (χ1n) is 6.75. The molecule has 1 atom stereocenters. The van der Waals surface area contributed by atoms with Crippen molar-refractivity contribution in [1.82, 2.24) is 0 Å². The molecule has 0 saturated carbocycles. The SMILES string of the molecule is [CH2]CCCCCCC(C)CCC(C)(C)C. The topological polar surface area (TPSA) is 0 Å². The Morgan fingerprint density at radius 2 is 1.53 bits per heavy atom. The van der Waals surface area contributed by atoms with E-state index >= 15 is 0 Å². The summed E-state index contributed by atoms with van der Waals surface area (Å²) in [5.74, 6) is 0.920. The molecule has 0 spiro atoms. The maximum absolute atomic E-state index is 3.87. The molecule has 0 aromatic rings. The van der Waals surface area contributed by atoms with Gasteiger partial charge < -0.3 is 0 Å². The fourth-order valence-electron chi connectivity index (χ4n) is 1.85. The van der Waals surface area contributed by atoms with Crippen molar-refractivity contribution in [3.63, 3.8) is 0 Å². The van der Waals surface area contributed by atoms with E-state index in [2.05, 4.69) is 34.6 Å². The molecule has 1 unspecified atom stereocenters. The number of hydrogen-bond acceptors (Lipinski definition) is 0. The van der Waals surface area contributed by atoms with Gasteiger partial charge in [-0.3, -0.25) is 0 Å². The summed E-state index contributed by atoms with van der Waals surface area (Å²) in [6.07, 6.45) is 10.8. The molecular weight excluding hydrogens is 180 g/mol. The second kappa shape index (κ2) is 8.19. The van der Waals surface area contributed by atoms with Gasteiger partial charge in [-0.1, -0.05) is 79.6 Å². The standard InChI is InChI=1S/C15H31/c1-6-7-8-9-10-11-14(2)12-13-15(3,4)5/h14H,1,6-13H2,2-5H3. The molecule has 0 rings (SSSR count). The maximum Gasteiger partial charge on any atom is -0.0383 e. The van der Waals surface area contributed by atoms with Gasteiger partial charge >= 0.3 is 0 Å². The summed E-state index contributed by atoms with van der Waals surface area (Å²) in [5.41, 5.74) is 0.516. The predicted molar refractivity (Wildman–Crippen MR) is 70.9 cm³/mol. The van der Waals surface area contributed by atoms with Crippen molar-refractivity contribution in [2.45, 2.75) is 79.1 Å². The fourth-order valence-corrected chi connectivity index (χ4v) is 1.85. The molecule has 0 heteroatoms. The van der Waals surface area contributed by atoms with Gasteiger partial charge in [0.2, 0.25) is 0 Å². The molecule has 0 aromatic heterocycles. The second-order valence-corrected chi connectivity index (χ2v) is 6.26. The first-order valence-corrected chi connectivity index (χ1v) is 6.75. The molecule has 0 bridgehead atoms. The van der Waals surface area contributed by atoms with Crippen LogP contribution in [0, 0.1) is 18.3 Å². The highest BCUT2D eigenvalue weighted by atomic mass is 14.2. The van der Waals surface area contributed by atoms with Crippen LogP contribution in [0.25, 0.3) is 0 Å². The van der Waals surface area contributed by atoms with Crippen LogP contribution in [-0.2, 0) is 0 Å². The summed E-state index contributed by atoms with van der Waals surface area (Å²) < 4.78 is 0. The lowest BCUT2D eigenvalue weighted by molar-refractivity contribution is 0.319. The molecule has 15 heavy (non-hydrogen) atoms. The molecule has 0 aromatic carbocycles. The third kappa shape index (κ3) is 11.9. The van der Waals surface area contributed by atoms with Gasteiger partial charge in [-0.15, -0.1) is 0 Å². The molecule has 91 valence electrons. The number of hydrogen-bond donors (Lipinski definition) is 0. The van der Waals surface area contributed by atoms with Crippen molar-refractivity contribution in [1.29, 1.82) is 0 Å². The molecule has 0 aliphatic carbocycles. The van der Waals surface area contributed by atoms with Gasteiger partial charge in [-0.25, -0.2) is 0 Å². The van der Waals surface area contributed by atoms with E-state index in [-0.39, 0.29) is 0 Å². The second-order valence-electron chi connectivity index (χ2n) is 6.26. The van der Waals surface area contributed by atoms with E-state index in [0.29, 0.717) is 5.41 Å². The van der Waals surface area contributed by atoms with Crippen LogP contribution in [0.2, 0.25) is 0 Å². The van der Waals surface area contributed by atoms with Gasteiger partial charge in [0.15, 0.2) is 0 Å². The molecule has 0 N–H and O–H groups in total. The van der Waals surface area contributed by atoms with E-state index in [0.717, 1.165) is 12.3 Å². The monoisotopic (exact) mass is 211 g/mol. The van der Waals surface area contributed by atoms with Crippen molar-refractivity contribution in [3.05, 3.63) is 6.92 Å². The zero-order valence-electron chi connectivity index (χ0n) is 11.4. The molecule has 1 radical (unpaired) electrons. The van der Waals surface area contributed by atoms with E-state index in [4.69, 9.17) is 0 Å².